The molecule has 6 nitrogen and oxygen atoms in total. The van der Waals surface area contributed by atoms with Crippen LogP contribution in [0.15, 0.2) is 60.7 Å². The fourth-order valence-corrected chi connectivity index (χ4v) is 2.37. The Kier molecular flexibility index (Phi) is 5.03. The second-order valence-corrected chi connectivity index (χ2v) is 5.64. The summed E-state index contributed by atoms with van der Waals surface area (Å²) in [6, 6.07) is 17.8. The van der Waals surface area contributed by atoms with E-state index in [1.165, 1.54) is 0 Å². The summed E-state index contributed by atoms with van der Waals surface area (Å²) in [6.45, 7) is 1.82. The van der Waals surface area contributed by atoms with Crippen molar-refractivity contribution in [1.29, 1.82) is 0 Å². The molecule has 0 bridgehead atoms. The Morgan fingerprint density at radius 3 is 2.42 bits per heavy atom. The van der Waals surface area contributed by atoms with E-state index in [1.807, 2.05) is 25.1 Å². The highest BCUT2D eigenvalue weighted by atomic mass is 16.5. The number of methoxy groups -OCH3 is 1. The van der Waals surface area contributed by atoms with E-state index in [2.05, 4.69) is 10.3 Å². The van der Waals surface area contributed by atoms with Crippen molar-refractivity contribution in [2.24, 2.45) is 0 Å². The second kappa shape index (κ2) is 7.57. The van der Waals surface area contributed by atoms with Gasteiger partial charge in [0.2, 0.25) is 0 Å². The van der Waals surface area contributed by atoms with Crippen LogP contribution in [0, 0.1) is 6.92 Å². The number of nitrogens with one attached hydrogen (secondary N) is 1. The molecule has 0 atom stereocenters. The predicted octanol–water partition coefficient (Wildman–Crippen LogP) is 4.03. The van der Waals surface area contributed by atoms with Crippen LogP contribution >= 0.6 is 0 Å². The standard InChI is InChI=1S/C20H19N3O3/c1-13-6-11-18(19(21)22-13)20(24)23-14-7-9-15(10-8-14)26-17-5-3-4-16(12-17)25-2/h3-12H,1-2H3,(H2,21,22)(H,23,24). The minimum atomic E-state index is -0.309. The van der Waals surface area contributed by atoms with Crippen molar-refractivity contribution in [3.63, 3.8) is 0 Å². The van der Waals surface area contributed by atoms with Crippen molar-refractivity contribution in [1.82, 2.24) is 4.98 Å². The molecule has 0 saturated heterocycles. The third-order valence-corrected chi connectivity index (χ3v) is 3.70. The maximum atomic E-state index is 12.3. The summed E-state index contributed by atoms with van der Waals surface area (Å²) in [5.74, 6) is 1.93. The molecule has 2 aromatic carbocycles. The topological polar surface area (TPSA) is 86.5 Å². The lowest BCUT2D eigenvalue weighted by Gasteiger charge is -2.10. The number of rotatable bonds is 5. The zero-order valence-electron chi connectivity index (χ0n) is 14.5. The normalized spacial score (nSPS) is 10.2. The molecule has 132 valence electrons. The molecule has 0 saturated carbocycles. The van der Waals surface area contributed by atoms with Gasteiger partial charge < -0.3 is 20.5 Å². The predicted molar refractivity (Wildman–Crippen MR) is 101 cm³/mol. The highest BCUT2D eigenvalue weighted by Crippen LogP contribution is 2.26. The largest absolute Gasteiger partial charge is 0.497 e. The smallest absolute Gasteiger partial charge is 0.259 e. The van der Waals surface area contributed by atoms with E-state index < -0.39 is 0 Å². The molecule has 0 aliphatic rings. The molecule has 1 amide bonds. The van der Waals surface area contributed by atoms with E-state index in [-0.39, 0.29) is 11.7 Å². The van der Waals surface area contributed by atoms with Crippen LogP contribution in [0.1, 0.15) is 16.1 Å². The number of hydrogen-bond acceptors (Lipinski definition) is 5. The quantitative estimate of drug-likeness (QED) is 0.726. The van der Waals surface area contributed by atoms with E-state index in [9.17, 15) is 4.79 Å². The lowest BCUT2D eigenvalue weighted by molar-refractivity contribution is 0.102. The molecule has 3 aromatic rings. The number of benzene rings is 2. The van der Waals surface area contributed by atoms with Crippen LogP contribution in [0.3, 0.4) is 0 Å². The van der Waals surface area contributed by atoms with Crippen LogP contribution in [0.4, 0.5) is 11.5 Å². The van der Waals surface area contributed by atoms with Crippen molar-refractivity contribution in [3.05, 3.63) is 71.9 Å². The number of amides is 1. The summed E-state index contributed by atoms with van der Waals surface area (Å²) < 4.78 is 10.9. The van der Waals surface area contributed by atoms with Crippen molar-refractivity contribution in [2.75, 3.05) is 18.2 Å². The van der Waals surface area contributed by atoms with E-state index in [0.29, 0.717) is 22.7 Å². The van der Waals surface area contributed by atoms with Crippen LogP contribution < -0.4 is 20.5 Å². The number of aryl methyl sites for hydroxylation is 1. The van der Waals surface area contributed by atoms with Gasteiger partial charge in [-0.1, -0.05) is 6.07 Å². The third kappa shape index (κ3) is 4.10. The molecule has 3 rings (SSSR count). The number of carbonyl (C=O) groups excluding carboxylic acids is 1. The number of nitrogens with two attached hydrogens (primary N) is 1. The van der Waals surface area contributed by atoms with Gasteiger partial charge in [-0.05, 0) is 55.5 Å². The summed E-state index contributed by atoms with van der Waals surface area (Å²) in [4.78, 5) is 16.4. The molecular formula is C20H19N3O3. The van der Waals surface area contributed by atoms with Crippen LogP contribution in [0.25, 0.3) is 0 Å². The monoisotopic (exact) mass is 349 g/mol. The SMILES string of the molecule is COc1cccc(Oc2ccc(NC(=O)c3ccc(C)nc3N)cc2)c1. The number of nitrogen functional groups attached to an aromatic ring is 1. The number of nitrogens with zero attached hydrogens (tertiary/aromatic N) is 1. The molecule has 3 N–H and O–H groups in total. The van der Waals surface area contributed by atoms with Gasteiger partial charge in [-0.25, -0.2) is 4.98 Å². The first-order chi connectivity index (χ1) is 12.5. The molecular weight excluding hydrogens is 330 g/mol. The number of aromatic nitrogens is 1. The number of hydrogen-bond donors (Lipinski definition) is 2. The zero-order valence-corrected chi connectivity index (χ0v) is 14.5. The van der Waals surface area contributed by atoms with Gasteiger partial charge in [0.25, 0.3) is 5.91 Å². The molecule has 1 heterocycles. The molecule has 0 unspecified atom stereocenters. The minimum Gasteiger partial charge on any atom is -0.497 e. The molecule has 1 aromatic heterocycles. The molecule has 0 aliphatic carbocycles. The first-order valence-corrected chi connectivity index (χ1v) is 8.01. The maximum Gasteiger partial charge on any atom is 0.259 e. The fourth-order valence-electron chi connectivity index (χ4n) is 2.37. The van der Waals surface area contributed by atoms with E-state index in [4.69, 9.17) is 15.2 Å². The Bertz CT molecular complexity index is 924. The van der Waals surface area contributed by atoms with Gasteiger partial charge in [-0.3, -0.25) is 4.79 Å². The van der Waals surface area contributed by atoms with Crippen LogP contribution in [0.2, 0.25) is 0 Å². The average molecular weight is 349 g/mol. The summed E-state index contributed by atoms with van der Waals surface area (Å²) in [7, 11) is 1.60. The Balaban J connectivity index is 1.68. The van der Waals surface area contributed by atoms with E-state index in [1.54, 1.807) is 49.6 Å². The first-order valence-electron chi connectivity index (χ1n) is 8.01. The number of pyridine rings is 1. The number of anilines is 2. The van der Waals surface area contributed by atoms with Crippen LogP contribution in [-0.2, 0) is 0 Å². The van der Waals surface area contributed by atoms with E-state index in [0.717, 1.165) is 11.4 Å². The molecule has 0 spiro atoms. The van der Waals surface area contributed by atoms with Crippen molar-refractivity contribution < 1.29 is 14.3 Å². The highest BCUT2D eigenvalue weighted by Gasteiger charge is 2.11. The molecule has 26 heavy (non-hydrogen) atoms. The van der Waals surface area contributed by atoms with Crippen LogP contribution in [-0.4, -0.2) is 18.0 Å². The molecule has 6 heteroatoms. The van der Waals surface area contributed by atoms with Crippen LogP contribution in [0.5, 0.6) is 17.2 Å². The lowest BCUT2D eigenvalue weighted by Crippen LogP contribution is -2.15. The van der Waals surface area contributed by atoms with Crippen molar-refractivity contribution in [3.8, 4) is 17.2 Å². The van der Waals surface area contributed by atoms with Gasteiger partial charge in [0, 0.05) is 17.4 Å². The molecule has 0 radical (unpaired) electrons. The summed E-state index contributed by atoms with van der Waals surface area (Å²) >= 11 is 0. The lowest BCUT2D eigenvalue weighted by atomic mass is 10.2. The summed E-state index contributed by atoms with van der Waals surface area (Å²) in [5, 5.41) is 2.79. The van der Waals surface area contributed by atoms with Crippen molar-refractivity contribution in [2.45, 2.75) is 6.92 Å². The Morgan fingerprint density at radius 1 is 1.00 bits per heavy atom. The average Bonchev–Trinajstić information content (AvgIpc) is 2.63. The molecule has 0 fully saturated rings. The van der Waals surface area contributed by atoms with E-state index >= 15 is 0 Å². The van der Waals surface area contributed by atoms with Gasteiger partial charge in [-0.15, -0.1) is 0 Å². The summed E-state index contributed by atoms with van der Waals surface area (Å²) in [5.41, 5.74) is 7.54. The number of carbonyl (C=O) groups is 1. The Morgan fingerprint density at radius 2 is 1.73 bits per heavy atom. The van der Waals surface area contributed by atoms with Gasteiger partial charge in [0.05, 0.1) is 12.7 Å². The zero-order chi connectivity index (χ0) is 18.5. The third-order valence-electron chi connectivity index (χ3n) is 3.70. The van der Waals surface area contributed by atoms with Gasteiger partial charge in [-0.2, -0.15) is 0 Å². The van der Waals surface area contributed by atoms with Crippen molar-refractivity contribution >= 4 is 17.4 Å². The fraction of sp³-hybridized carbons (Fsp3) is 0.100. The van der Waals surface area contributed by atoms with Gasteiger partial charge in [0.15, 0.2) is 0 Å². The first kappa shape index (κ1) is 17.3. The Labute approximate surface area is 151 Å². The van der Waals surface area contributed by atoms with Gasteiger partial charge >= 0.3 is 0 Å². The summed E-state index contributed by atoms with van der Waals surface area (Å²) in [6.07, 6.45) is 0. The maximum absolute atomic E-state index is 12.3. The highest BCUT2D eigenvalue weighted by molar-refractivity contribution is 6.07. The van der Waals surface area contributed by atoms with Gasteiger partial charge in [0.1, 0.15) is 23.1 Å². The Hall–Kier alpha value is -3.54. The minimum absolute atomic E-state index is 0.209. The second-order valence-electron chi connectivity index (χ2n) is 5.64. The molecule has 0 aliphatic heterocycles. The number of ether oxygens (including phenoxy) is 2.